The van der Waals surface area contributed by atoms with Crippen molar-refractivity contribution in [3.8, 4) is 5.75 Å². The lowest BCUT2D eigenvalue weighted by Crippen LogP contribution is -2.03. The highest BCUT2D eigenvalue weighted by Crippen LogP contribution is 2.17. The van der Waals surface area contributed by atoms with Crippen molar-refractivity contribution in [3.63, 3.8) is 0 Å². The average molecular weight is 307 g/mol. The predicted octanol–water partition coefficient (Wildman–Crippen LogP) is 2.92. The summed E-state index contributed by atoms with van der Waals surface area (Å²) in [6.45, 7) is 1.22. The van der Waals surface area contributed by atoms with Crippen molar-refractivity contribution in [1.82, 2.24) is 4.98 Å². The minimum Gasteiger partial charge on any atom is -0.487 e. The molecule has 3 nitrogen and oxygen atoms in total. The third-order valence-corrected chi connectivity index (χ3v) is 2.97. The third kappa shape index (κ3) is 3.82. The summed E-state index contributed by atoms with van der Waals surface area (Å²) in [5.41, 5.74) is 7.90. The van der Waals surface area contributed by atoms with Crippen molar-refractivity contribution >= 4 is 15.9 Å². The average Bonchev–Trinajstić information content (AvgIpc) is 2.38. The molecule has 1 heterocycles. The molecular weight excluding hydrogens is 292 g/mol. The topological polar surface area (TPSA) is 48.1 Å². The van der Waals surface area contributed by atoms with Crippen molar-refractivity contribution in [2.24, 2.45) is 5.73 Å². The number of hydrogen-bond acceptors (Lipinski definition) is 3. The lowest BCUT2D eigenvalue weighted by molar-refractivity contribution is 0.305. The standard InChI is InChI=1S/C14H15BrN2O/c15-13-7-14(9-17-8-13)18-10-12-3-1-11(2-4-12)5-6-16/h1-4,7-9H,5-6,10,16H2. The highest BCUT2D eigenvalue weighted by atomic mass is 79.9. The number of pyridine rings is 1. The largest absolute Gasteiger partial charge is 0.487 e. The molecule has 0 spiro atoms. The van der Waals surface area contributed by atoms with Gasteiger partial charge in [-0.3, -0.25) is 4.98 Å². The maximum atomic E-state index is 5.66. The minimum absolute atomic E-state index is 0.543. The fourth-order valence-electron chi connectivity index (χ4n) is 1.61. The van der Waals surface area contributed by atoms with Gasteiger partial charge in [-0.2, -0.15) is 0 Å². The van der Waals surface area contributed by atoms with E-state index in [1.165, 1.54) is 5.56 Å². The van der Waals surface area contributed by atoms with Crippen LogP contribution in [0, 0.1) is 0 Å². The van der Waals surface area contributed by atoms with Crippen LogP contribution in [-0.4, -0.2) is 11.5 Å². The molecule has 0 aliphatic rings. The van der Waals surface area contributed by atoms with Crippen LogP contribution in [0.1, 0.15) is 11.1 Å². The second kappa shape index (κ2) is 6.52. The first-order valence-electron chi connectivity index (χ1n) is 5.79. The molecule has 2 aromatic rings. The summed E-state index contributed by atoms with van der Waals surface area (Å²) in [6, 6.07) is 10.2. The Morgan fingerprint density at radius 2 is 1.83 bits per heavy atom. The summed E-state index contributed by atoms with van der Waals surface area (Å²) < 4.78 is 6.57. The summed E-state index contributed by atoms with van der Waals surface area (Å²) >= 11 is 3.36. The molecule has 0 radical (unpaired) electrons. The SMILES string of the molecule is NCCc1ccc(COc2cncc(Br)c2)cc1. The van der Waals surface area contributed by atoms with Crippen LogP contribution in [0.4, 0.5) is 0 Å². The molecule has 94 valence electrons. The third-order valence-electron chi connectivity index (χ3n) is 2.54. The fraction of sp³-hybridized carbons (Fsp3) is 0.214. The van der Waals surface area contributed by atoms with E-state index in [2.05, 4.69) is 45.2 Å². The van der Waals surface area contributed by atoms with Crippen LogP contribution in [0.25, 0.3) is 0 Å². The molecule has 0 atom stereocenters. The summed E-state index contributed by atoms with van der Waals surface area (Å²) in [7, 11) is 0. The van der Waals surface area contributed by atoms with Crippen LogP contribution < -0.4 is 10.5 Å². The van der Waals surface area contributed by atoms with Gasteiger partial charge in [-0.1, -0.05) is 24.3 Å². The number of nitrogens with zero attached hydrogens (tertiary/aromatic N) is 1. The molecule has 0 bridgehead atoms. The lowest BCUT2D eigenvalue weighted by atomic mass is 10.1. The van der Waals surface area contributed by atoms with Gasteiger partial charge in [-0.15, -0.1) is 0 Å². The first-order valence-corrected chi connectivity index (χ1v) is 6.58. The van der Waals surface area contributed by atoms with Gasteiger partial charge in [0.05, 0.1) is 6.20 Å². The molecule has 0 fully saturated rings. The summed E-state index contributed by atoms with van der Waals surface area (Å²) in [4.78, 5) is 4.05. The molecule has 0 saturated carbocycles. The molecule has 0 saturated heterocycles. The molecule has 1 aromatic carbocycles. The van der Waals surface area contributed by atoms with Crippen LogP contribution in [0.3, 0.4) is 0 Å². The van der Waals surface area contributed by atoms with Crippen molar-refractivity contribution < 1.29 is 4.74 Å². The molecule has 0 amide bonds. The van der Waals surface area contributed by atoms with Gasteiger partial charge < -0.3 is 10.5 Å². The van der Waals surface area contributed by atoms with E-state index < -0.39 is 0 Å². The summed E-state index contributed by atoms with van der Waals surface area (Å²) in [5, 5.41) is 0. The highest BCUT2D eigenvalue weighted by molar-refractivity contribution is 9.10. The monoisotopic (exact) mass is 306 g/mol. The van der Waals surface area contributed by atoms with Crippen molar-refractivity contribution in [3.05, 3.63) is 58.3 Å². The van der Waals surface area contributed by atoms with Gasteiger partial charge in [-0.05, 0) is 46.1 Å². The smallest absolute Gasteiger partial charge is 0.139 e. The number of halogens is 1. The first kappa shape index (κ1) is 13.1. The number of benzene rings is 1. The zero-order valence-corrected chi connectivity index (χ0v) is 11.6. The number of aromatic nitrogens is 1. The van der Waals surface area contributed by atoms with Crippen LogP contribution >= 0.6 is 15.9 Å². The summed E-state index contributed by atoms with van der Waals surface area (Å²) in [5.74, 6) is 0.760. The fourth-order valence-corrected chi connectivity index (χ4v) is 1.95. The van der Waals surface area contributed by atoms with Gasteiger partial charge in [0.15, 0.2) is 0 Å². The number of ether oxygens (including phenoxy) is 1. The Bertz CT molecular complexity index is 499. The van der Waals surface area contributed by atoms with Gasteiger partial charge in [0.1, 0.15) is 12.4 Å². The van der Waals surface area contributed by atoms with Gasteiger partial charge in [-0.25, -0.2) is 0 Å². The van der Waals surface area contributed by atoms with Crippen molar-refractivity contribution in [2.45, 2.75) is 13.0 Å². The van der Waals surface area contributed by atoms with Crippen molar-refractivity contribution in [1.29, 1.82) is 0 Å². The van der Waals surface area contributed by atoms with Gasteiger partial charge in [0.2, 0.25) is 0 Å². The van der Waals surface area contributed by atoms with E-state index in [-0.39, 0.29) is 0 Å². The molecule has 2 rings (SSSR count). The maximum absolute atomic E-state index is 5.66. The highest BCUT2D eigenvalue weighted by Gasteiger charge is 1.98. The van der Waals surface area contributed by atoms with Gasteiger partial charge in [0.25, 0.3) is 0 Å². The lowest BCUT2D eigenvalue weighted by Gasteiger charge is -2.07. The minimum atomic E-state index is 0.543. The molecule has 4 heteroatoms. The van der Waals surface area contributed by atoms with Gasteiger partial charge >= 0.3 is 0 Å². The van der Waals surface area contributed by atoms with Gasteiger partial charge in [0, 0.05) is 10.7 Å². The van der Waals surface area contributed by atoms with E-state index >= 15 is 0 Å². The number of rotatable bonds is 5. The Kier molecular flexibility index (Phi) is 4.73. The number of hydrogen-bond donors (Lipinski definition) is 1. The molecule has 0 aliphatic carbocycles. The Morgan fingerprint density at radius 1 is 1.11 bits per heavy atom. The van der Waals surface area contributed by atoms with E-state index in [4.69, 9.17) is 10.5 Å². The Labute approximate surface area is 115 Å². The predicted molar refractivity (Wildman–Crippen MR) is 75.5 cm³/mol. The maximum Gasteiger partial charge on any atom is 0.139 e. The Balaban J connectivity index is 1.93. The van der Waals surface area contributed by atoms with Crippen LogP contribution in [0.5, 0.6) is 5.75 Å². The molecule has 1 aromatic heterocycles. The van der Waals surface area contributed by atoms with Crippen LogP contribution in [-0.2, 0) is 13.0 Å². The molecule has 18 heavy (non-hydrogen) atoms. The van der Waals surface area contributed by atoms with Crippen LogP contribution in [0.2, 0.25) is 0 Å². The summed E-state index contributed by atoms with van der Waals surface area (Å²) in [6.07, 6.45) is 4.35. The first-order chi connectivity index (χ1) is 8.78. The Hall–Kier alpha value is -1.39. The van der Waals surface area contributed by atoms with Crippen LogP contribution in [0.15, 0.2) is 47.2 Å². The van der Waals surface area contributed by atoms with E-state index in [9.17, 15) is 0 Å². The Morgan fingerprint density at radius 3 is 2.50 bits per heavy atom. The number of nitrogens with two attached hydrogens (primary N) is 1. The van der Waals surface area contributed by atoms with E-state index in [0.29, 0.717) is 13.2 Å². The molecular formula is C14H15BrN2O. The van der Waals surface area contributed by atoms with E-state index in [1.807, 2.05) is 6.07 Å². The van der Waals surface area contributed by atoms with E-state index in [1.54, 1.807) is 12.4 Å². The second-order valence-electron chi connectivity index (χ2n) is 3.98. The second-order valence-corrected chi connectivity index (χ2v) is 4.90. The quantitative estimate of drug-likeness (QED) is 0.924. The molecule has 2 N–H and O–H groups in total. The normalized spacial score (nSPS) is 10.3. The zero-order chi connectivity index (χ0) is 12.8. The van der Waals surface area contributed by atoms with E-state index in [0.717, 1.165) is 22.2 Å². The van der Waals surface area contributed by atoms with Crippen molar-refractivity contribution in [2.75, 3.05) is 6.54 Å². The zero-order valence-electron chi connectivity index (χ0n) is 9.97. The molecule has 0 unspecified atom stereocenters. The molecule has 0 aliphatic heterocycles.